The average Bonchev–Trinajstić information content (AvgIpc) is 2.44. The van der Waals surface area contributed by atoms with Gasteiger partial charge in [0.1, 0.15) is 5.60 Å². The second-order valence-corrected chi connectivity index (χ2v) is 8.47. The van der Waals surface area contributed by atoms with Crippen LogP contribution in [-0.2, 0) is 9.53 Å². The molecule has 2 heterocycles. The van der Waals surface area contributed by atoms with Gasteiger partial charge in [0.25, 0.3) is 0 Å². The Morgan fingerprint density at radius 3 is 2.46 bits per heavy atom. The highest BCUT2D eigenvalue weighted by Gasteiger charge is 2.41. The summed E-state index contributed by atoms with van der Waals surface area (Å²) in [7, 11) is 0. The van der Waals surface area contributed by atoms with Crippen molar-refractivity contribution in [1.29, 1.82) is 0 Å². The van der Waals surface area contributed by atoms with E-state index in [-0.39, 0.29) is 24.1 Å². The first kappa shape index (κ1) is 19.0. The number of rotatable bonds is 3. The van der Waals surface area contributed by atoms with Crippen LogP contribution in [0.25, 0.3) is 0 Å². The van der Waals surface area contributed by atoms with Crippen molar-refractivity contribution in [2.24, 2.45) is 5.92 Å². The van der Waals surface area contributed by atoms with Crippen molar-refractivity contribution >= 4 is 12.0 Å². The Hall–Kier alpha value is -1.30. The van der Waals surface area contributed by atoms with Gasteiger partial charge in [-0.2, -0.15) is 0 Å². The SMILES string of the molecule is CC[C@H]1CN2CC(=O)N(CC(C)C)C[C@H]2CN1C(=O)OC(C)(C)C. The number of carbonyl (C=O) groups is 2. The van der Waals surface area contributed by atoms with Crippen molar-refractivity contribution in [3.05, 3.63) is 0 Å². The molecule has 0 aromatic heterocycles. The van der Waals surface area contributed by atoms with Crippen LogP contribution in [0.2, 0.25) is 0 Å². The molecule has 138 valence electrons. The van der Waals surface area contributed by atoms with Crippen molar-refractivity contribution in [3.8, 4) is 0 Å². The molecule has 0 N–H and O–H groups in total. The predicted octanol–water partition coefficient (Wildman–Crippen LogP) is 2.18. The lowest BCUT2D eigenvalue weighted by atomic mass is 10.0. The molecule has 6 heteroatoms. The molecular weight excluding hydrogens is 306 g/mol. The van der Waals surface area contributed by atoms with E-state index in [0.29, 0.717) is 25.6 Å². The lowest BCUT2D eigenvalue weighted by molar-refractivity contribution is -0.142. The zero-order valence-electron chi connectivity index (χ0n) is 16.0. The Kier molecular flexibility index (Phi) is 5.78. The van der Waals surface area contributed by atoms with Crippen LogP contribution in [-0.4, -0.2) is 77.1 Å². The molecule has 0 radical (unpaired) electrons. The molecule has 2 atom stereocenters. The molecule has 2 aliphatic rings. The van der Waals surface area contributed by atoms with E-state index < -0.39 is 5.60 Å². The number of ether oxygens (including phenoxy) is 1. The summed E-state index contributed by atoms with van der Waals surface area (Å²) >= 11 is 0. The van der Waals surface area contributed by atoms with Gasteiger partial charge in [-0.15, -0.1) is 0 Å². The highest BCUT2D eigenvalue weighted by Crippen LogP contribution is 2.24. The summed E-state index contributed by atoms with van der Waals surface area (Å²) in [6.45, 7) is 15.4. The minimum Gasteiger partial charge on any atom is -0.444 e. The third-order valence-corrected chi connectivity index (χ3v) is 4.62. The summed E-state index contributed by atoms with van der Waals surface area (Å²) in [5.74, 6) is 0.662. The molecule has 24 heavy (non-hydrogen) atoms. The maximum absolute atomic E-state index is 12.6. The first-order chi connectivity index (χ1) is 11.1. The van der Waals surface area contributed by atoms with Crippen molar-refractivity contribution in [3.63, 3.8) is 0 Å². The zero-order chi connectivity index (χ0) is 18.1. The van der Waals surface area contributed by atoms with Crippen molar-refractivity contribution in [1.82, 2.24) is 14.7 Å². The summed E-state index contributed by atoms with van der Waals surface area (Å²) in [4.78, 5) is 31.0. The van der Waals surface area contributed by atoms with Crippen LogP contribution in [0.5, 0.6) is 0 Å². The first-order valence-corrected chi connectivity index (χ1v) is 9.12. The molecular formula is C18H33N3O3. The summed E-state index contributed by atoms with van der Waals surface area (Å²) in [6, 6.07) is 0.317. The number of amides is 2. The minimum atomic E-state index is -0.487. The fourth-order valence-electron chi connectivity index (χ4n) is 3.52. The molecule has 2 saturated heterocycles. The monoisotopic (exact) mass is 339 g/mol. The van der Waals surface area contributed by atoms with Gasteiger partial charge in [-0.25, -0.2) is 4.79 Å². The lowest BCUT2D eigenvalue weighted by Gasteiger charge is -2.50. The van der Waals surface area contributed by atoms with Gasteiger partial charge in [0, 0.05) is 38.3 Å². The maximum Gasteiger partial charge on any atom is 0.410 e. The summed E-state index contributed by atoms with van der Waals surface area (Å²) in [6.07, 6.45) is 0.633. The van der Waals surface area contributed by atoms with Crippen LogP contribution < -0.4 is 0 Å². The second-order valence-electron chi connectivity index (χ2n) is 8.47. The van der Waals surface area contributed by atoms with E-state index in [1.807, 2.05) is 30.6 Å². The second kappa shape index (κ2) is 7.30. The largest absolute Gasteiger partial charge is 0.444 e. The minimum absolute atomic E-state index is 0.112. The summed E-state index contributed by atoms with van der Waals surface area (Å²) in [5.41, 5.74) is -0.487. The van der Waals surface area contributed by atoms with Gasteiger partial charge < -0.3 is 14.5 Å². The fourth-order valence-corrected chi connectivity index (χ4v) is 3.52. The molecule has 2 amide bonds. The number of hydrogen-bond donors (Lipinski definition) is 0. The Morgan fingerprint density at radius 1 is 1.25 bits per heavy atom. The molecule has 0 unspecified atom stereocenters. The molecule has 0 bridgehead atoms. The van der Waals surface area contributed by atoms with Gasteiger partial charge >= 0.3 is 6.09 Å². The predicted molar refractivity (Wildman–Crippen MR) is 93.8 cm³/mol. The molecule has 6 nitrogen and oxygen atoms in total. The molecule has 0 spiro atoms. The summed E-state index contributed by atoms with van der Waals surface area (Å²) < 4.78 is 5.59. The number of nitrogens with zero attached hydrogens (tertiary/aromatic N) is 3. The molecule has 0 aromatic rings. The Bertz CT molecular complexity index is 473. The normalized spacial score (nSPS) is 25.9. The van der Waals surface area contributed by atoms with Crippen molar-refractivity contribution in [2.45, 2.75) is 65.6 Å². The van der Waals surface area contributed by atoms with E-state index >= 15 is 0 Å². The van der Waals surface area contributed by atoms with E-state index in [2.05, 4.69) is 25.7 Å². The van der Waals surface area contributed by atoms with Gasteiger partial charge in [-0.3, -0.25) is 9.69 Å². The van der Waals surface area contributed by atoms with Crippen LogP contribution >= 0.6 is 0 Å². The van der Waals surface area contributed by atoms with Gasteiger partial charge in [0.05, 0.1) is 6.54 Å². The quantitative estimate of drug-likeness (QED) is 0.791. The van der Waals surface area contributed by atoms with E-state index in [1.54, 1.807) is 0 Å². The average molecular weight is 339 g/mol. The molecule has 0 aromatic carbocycles. The van der Waals surface area contributed by atoms with Crippen molar-refractivity contribution in [2.75, 3.05) is 32.7 Å². The van der Waals surface area contributed by atoms with E-state index in [1.165, 1.54) is 0 Å². The lowest BCUT2D eigenvalue weighted by Crippen LogP contribution is -2.67. The molecule has 2 rings (SSSR count). The third-order valence-electron chi connectivity index (χ3n) is 4.62. The Morgan fingerprint density at radius 2 is 1.92 bits per heavy atom. The number of piperazine rings is 2. The molecule has 2 aliphatic heterocycles. The number of fused-ring (bicyclic) bond motifs is 1. The van der Waals surface area contributed by atoms with E-state index in [4.69, 9.17) is 4.74 Å². The third kappa shape index (κ3) is 4.62. The van der Waals surface area contributed by atoms with Gasteiger partial charge in [0.2, 0.25) is 5.91 Å². The van der Waals surface area contributed by atoms with Crippen LogP contribution in [0.1, 0.15) is 48.0 Å². The highest BCUT2D eigenvalue weighted by molar-refractivity contribution is 5.79. The van der Waals surface area contributed by atoms with Crippen LogP contribution in [0, 0.1) is 5.92 Å². The first-order valence-electron chi connectivity index (χ1n) is 9.12. The van der Waals surface area contributed by atoms with E-state index in [9.17, 15) is 9.59 Å². The van der Waals surface area contributed by atoms with Gasteiger partial charge in [-0.1, -0.05) is 20.8 Å². The standard InChI is InChI=1S/C18H33N3O3/c1-7-14-9-19-12-16(22)20(8-13(2)3)10-15(19)11-21(14)17(23)24-18(4,5)6/h13-15H,7-12H2,1-6H3/t14-,15-/m0/s1. The van der Waals surface area contributed by atoms with Gasteiger partial charge in [0.15, 0.2) is 0 Å². The van der Waals surface area contributed by atoms with Crippen LogP contribution in [0.3, 0.4) is 0 Å². The number of hydrogen-bond acceptors (Lipinski definition) is 4. The Labute approximate surface area is 146 Å². The highest BCUT2D eigenvalue weighted by atomic mass is 16.6. The number of carbonyl (C=O) groups excluding carboxylic acids is 2. The molecule has 0 saturated carbocycles. The maximum atomic E-state index is 12.6. The van der Waals surface area contributed by atoms with Crippen molar-refractivity contribution < 1.29 is 14.3 Å². The topological polar surface area (TPSA) is 53.1 Å². The smallest absolute Gasteiger partial charge is 0.410 e. The van der Waals surface area contributed by atoms with Gasteiger partial charge in [-0.05, 0) is 33.1 Å². The van der Waals surface area contributed by atoms with Crippen LogP contribution in [0.4, 0.5) is 4.79 Å². The van der Waals surface area contributed by atoms with Crippen LogP contribution in [0.15, 0.2) is 0 Å². The molecule has 0 aliphatic carbocycles. The fraction of sp³-hybridized carbons (Fsp3) is 0.889. The van der Waals surface area contributed by atoms with E-state index in [0.717, 1.165) is 19.5 Å². The zero-order valence-corrected chi connectivity index (χ0v) is 16.0. The Balaban J connectivity index is 2.08. The summed E-state index contributed by atoms with van der Waals surface area (Å²) in [5, 5.41) is 0. The molecule has 2 fully saturated rings.